The lowest BCUT2D eigenvalue weighted by Crippen LogP contribution is -2.38. The van der Waals surface area contributed by atoms with Gasteiger partial charge in [-0.05, 0) is 49.0 Å². The topological polar surface area (TPSA) is 69.6 Å². The molecule has 0 atom stereocenters. The highest BCUT2D eigenvalue weighted by Crippen LogP contribution is 2.21. The molecule has 1 aliphatic heterocycles. The maximum atomic E-state index is 12.5. The first-order valence-corrected chi connectivity index (χ1v) is 8.03. The van der Waals surface area contributed by atoms with Crippen molar-refractivity contribution in [2.75, 3.05) is 19.7 Å². The van der Waals surface area contributed by atoms with Crippen molar-refractivity contribution in [3.63, 3.8) is 0 Å². The van der Waals surface area contributed by atoms with E-state index in [2.05, 4.69) is 11.9 Å². The number of nitrogens with zero attached hydrogens (tertiary/aromatic N) is 1. The number of amides is 2. The summed E-state index contributed by atoms with van der Waals surface area (Å²) in [6.07, 6.45) is 3.97. The third-order valence-corrected chi connectivity index (χ3v) is 4.29. The van der Waals surface area contributed by atoms with Crippen molar-refractivity contribution in [1.82, 2.24) is 10.2 Å². The Hall–Kier alpha value is -2.14. The third-order valence-electron chi connectivity index (χ3n) is 4.29. The monoisotopic (exact) mass is 316 g/mol. The van der Waals surface area contributed by atoms with E-state index in [-0.39, 0.29) is 18.4 Å². The van der Waals surface area contributed by atoms with E-state index in [4.69, 9.17) is 5.11 Å². The van der Waals surface area contributed by atoms with Gasteiger partial charge in [-0.3, -0.25) is 9.59 Å². The smallest absolute Gasteiger partial charge is 0.253 e. The SMILES string of the molecule is C=CC(=O)NCc1ccc(C(=O)N2CCC(CCO)CC2)cc1. The molecule has 0 radical (unpaired) electrons. The zero-order valence-corrected chi connectivity index (χ0v) is 13.3. The summed E-state index contributed by atoms with van der Waals surface area (Å²) < 4.78 is 0. The number of piperidine rings is 1. The maximum absolute atomic E-state index is 12.5. The number of hydrogen-bond donors (Lipinski definition) is 2. The average molecular weight is 316 g/mol. The van der Waals surface area contributed by atoms with Crippen molar-refractivity contribution in [2.24, 2.45) is 5.92 Å². The van der Waals surface area contributed by atoms with E-state index in [0.29, 0.717) is 18.0 Å². The van der Waals surface area contributed by atoms with Gasteiger partial charge in [0.1, 0.15) is 0 Å². The van der Waals surface area contributed by atoms with E-state index in [0.717, 1.165) is 37.9 Å². The fourth-order valence-corrected chi connectivity index (χ4v) is 2.82. The lowest BCUT2D eigenvalue weighted by molar-refractivity contribution is -0.116. The zero-order chi connectivity index (χ0) is 16.7. The maximum Gasteiger partial charge on any atom is 0.253 e. The first-order chi connectivity index (χ1) is 11.1. The van der Waals surface area contributed by atoms with Gasteiger partial charge in [0.05, 0.1) is 0 Å². The summed E-state index contributed by atoms with van der Waals surface area (Å²) in [6, 6.07) is 7.32. The summed E-state index contributed by atoms with van der Waals surface area (Å²) in [5.41, 5.74) is 1.61. The molecule has 0 unspecified atom stereocenters. The standard InChI is InChI=1S/C18H24N2O3/c1-2-17(22)19-13-15-3-5-16(6-4-15)18(23)20-10-7-14(8-11-20)9-12-21/h2-6,14,21H,1,7-13H2,(H,19,22). The van der Waals surface area contributed by atoms with Gasteiger partial charge < -0.3 is 15.3 Å². The van der Waals surface area contributed by atoms with Crippen LogP contribution in [0.1, 0.15) is 35.2 Å². The second-order valence-corrected chi connectivity index (χ2v) is 5.87. The van der Waals surface area contributed by atoms with Crippen LogP contribution in [0.3, 0.4) is 0 Å². The van der Waals surface area contributed by atoms with Crippen LogP contribution in [0.5, 0.6) is 0 Å². The summed E-state index contributed by atoms with van der Waals surface area (Å²) in [7, 11) is 0. The van der Waals surface area contributed by atoms with Gasteiger partial charge in [0, 0.05) is 31.8 Å². The van der Waals surface area contributed by atoms with E-state index >= 15 is 0 Å². The Labute approximate surface area is 137 Å². The first kappa shape index (κ1) is 17.2. The fourth-order valence-electron chi connectivity index (χ4n) is 2.82. The first-order valence-electron chi connectivity index (χ1n) is 8.03. The van der Waals surface area contributed by atoms with Crippen LogP contribution in [0, 0.1) is 5.92 Å². The van der Waals surface area contributed by atoms with Gasteiger partial charge >= 0.3 is 0 Å². The lowest BCUT2D eigenvalue weighted by atomic mass is 9.93. The van der Waals surface area contributed by atoms with Crippen LogP contribution in [0.2, 0.25) is 0 Å². The quantitative estimate of drug-likeness (QED) is 0.785. The molecule has 1 aromatic rings. The normalized spacial score (nSPS) is 15.3. The van der Waals surface area contributed by atoms with Crippen LogP contribution in [0.4, 0.5) is 0 Å². The summed E-state index contributed by atoms with van der Waals surface area (Å²) in [4.78, 5) is 25.5. The molecular formula is C18H24N2O3. The van der Waals surface area contributed by atoms with Crippen molar-refractivity contribution in [3.8, 4) is 0 Å². The van der Waals surface area contributed by atoms with E-state index in [1.165, 1.54) is 6.08 Å². The predicted molar refractivity (Wildman–Crippen MR) is 88.8 cm³/mol. The Kier molecular flexibility index (Phi) is 6.35. The van der Waals surface area contributed by atoms with E-state index in [1.54, 1.807) is 12.1 Å². The molecule has 5 nitrogen and oxygen atoms in total. The molecule has 0 saturated carbocycles. The van der Waals surface area contributed by atoms with Crippen LogP contribution in [0.25, 0.3) is 0 Å². The van der Waals surface area contributed by atoms with Crippen LogP contribution >= 0.6 is 0 Å². The second-order valence-electron chi connectivity index (χ2n) is 5.87. The Morgan fingerprint density at radius 3 is 2.48 bits per heavy atom. The number of aliphatic hydroxyl groups excluding tert-OH is 1. The predicted octanol–water partition coefficient (Wildman–Crippen LogP) is 1.72. The summed E-state index contributed by atoms with van der Waals surface area (Å²) in [5, 5.41) is 11.7. The number of likely N-dealkylation sites (tertiary alicyclic amines) is 1. The zero-order valence-electron chi connectivity index (χ0n) is 13.3. The van der Waals surface area contributed by atoms with Crippen LogP contribution in [0.15, 0.2) is 36.9 Å². The van der Waals surface area contributed by atoms with Crippen LogP contribution < -0.4 is 5.32 Å². The molecule has 1 heterocycles. The van der Waals surface area contributed by atoms with Gasteiger partial charge in [-0.25, -0.2) is 0 Å². The minimum Gasteiger partial charge on any atom is -0.396 e. The molecule has 0 aliphatic carbocycles. The highest BCUT2D eigenvalue weighted by atomic mass is 16.3. The van der Waals surface area contributed by atoms with E-state index in [1.807, 2.05) is 17.0 Å². The molecular weight excluding hydrogens is 292 g/mol. The van der Waals surface area contributed by atoms with Crippen molar-refractivity contribution in [2.45, 2.75) is 25.8 Å². The molecule has 1 aliphatic rings. The fraction of sp³-hybridized carbons (Fsp3) is 0.444. The summed E-state index contributed by atoms with van der Waals surface area (Å²) >= 11 is 0. The van der Waals surface area contributed by atoms with Crippen molar-refractivity contribution >= 4 is 11.8 Å². The number of carbonyl (C=O) groups is 2. The van der Waals surface area contributed by atoms with Gasteiger partial charge in [0.2, 0.25) is 5.91 Å². The molecule has 0 spiro atoms. The molecule has 2 amide bonds. The third kappa shape index (κ3) is 4.93. The molecule has 5 heteroatoms. The Morgan fingerprint density at radius 2 is 1.91 bits per heavy atom. The minimum atomic E-state index is -0.212. The molecule has 23 heavy (non-hydrogen) atoms. The van der Waals surface area contributed by atoms with Crippen molar-refractivity contribution in [1.29, 1.82) is 0 Å². The van der Waals surface area contributed by atoms with E-state index < -0.39 is 0 Å². The minimum absolute atomic E-state index is 0.0501. The van der Waals surface area contributed by atoms with Crippen molar-refractivity contribution < 1.29 is 14.7 Å². The Balaban J connectivity index is 1.88. The van der Waals surface area contributed by atoms with Crippen LogP contribution in [-0.4, -0.2) is 41.5 Å². The molecule has 1 saturated heterocycles. The molecule has 1 fully saturated rings. The molecule has 0 bridgehead atoms. The summed E-state index contributed by atoms with van der Waals surface area (Å²) in [6.45, 7) is 5.55. The molecule has 2 rings (SSSR count). The number of benzene rings is 1. The highest BCUT2D eigenvalue weighted by molar-refractivity contribution is 5.94. The highest BCUT2D eigenvalue weighted by Gasteiger charge is 2.23. The molecule has 2 N–H and O–H groups in total. The van der Waals surface area contributed by atoms with Crippen molar-refractivity contribution in [3.05, 3.63) is 48.0 Å². The summed E-state index contributed by atoms with van der Waals surface area (Å²) in [5.74, 6) is 0.366. The van der Waals surface area contributed by atoms with Gasteiger partial charge in [0.25, 0.3) is 5.91 Å². The number of hydrogen-bond acceptors (Lipinski definition) is 3. The molecule has 1 aromatic carbocycles. The number of nitrogens with one attached hydrogen (secondary N) is 1. The van der Waals surface area contributed by atoms with Gasteiger partial charge in [-0.1, -0.05) is 18.7 Å². The Bertz CT molecular complexity index is 546. The van der Waals surface area contributed by atoms with Gasteiger partial charge in [-0.15, -0.1) is 0 Å². The Morgan fingerprint density at radius 1 is 1.26 bits per heavy atom. The lowest BCUT2D eigenvalue weighted by Gasteiger charge is -2.31. The number of carbonyl (C=O) groups excluding carboxylic acids is 2. The molecule has 0 aromatic heterocycles. The van der Waals surface area contributed by atoms with E-state index in [9.17, 15) is 9.59 Å². The van der Waals surface area contributed by atoms with Crippen LogP contribution in [-0.2, 0) is 11.3 Å². The van der Waals surface area contributed by atoms with Gasteiger partial charge in [0.15, 0.2) is 0 Å². The van der Waals surface area contributed by atoms with Gasteiger partial charge in [-0.2, -0.15) is 0 Å². The second kappa shape index (κ2) is 8.48. The number of aliphatic hydroxyl groups is 1. The number of rotatable bonds is 6. The largest absolute Gasteiger partial charge is 0.396 e. The molecule has 124 valence electrons. The average Bonchev–Trinajstić information content (AvgIpc) is 2.60.